The average molecular weight is 193 g/mol. The minimum atomic E-state index is 0.855. The molecule has 0 bridgehead atoms. The lowest BCUT2D eigenvalue weighted by Crippen LogP contribution is -1.89. The molecule has 1 rings (SSSR count). The molecule has 13 heavy (non-hydrogen) atoms. The molecular weight excluding hydrogens is 182 g/mol. The van der Waals surface area contributed by atoms with Gasteiger partial charge in [0.25, 0.3) is 0 Å². The number of rotatable bonds is 2. The Balaban J connectivity index is 3.30. The third kappa shape index (κ3) is 1.94. The van der Waals surface area contributed by atoms with Crippen LogP contribution in [0.5, 0.6) is 5.75 Å². The van der Waals surface area contributed by atoms with Gasteiger partial charge in [0.2, 0.25) is 0 Å². The van der Waals surface area contributed by atoms with Gasteiger partial charge in [-0.05, 0) is 49.3 Å². The third-order valence-electron chi connectivity index (χ3n) is 2.09. The number of hydrogen-bond acceptors (Lipinski definition) is 3. The van der Waals surface area contributed by atoms with E-state index in [2.05, 4.69) is 22.4 Å². The van der Waals surface area contributed by atoms with E-state index in [0.29, 0.717) is 0 Å². The van der Waals surface area contributed by atoms with Gasteiger partial charge in [0.05, 0.1) is 18.0 Å². The monoisotopic (exact) mass is 193 g/mol. The number of ether oxygens (including phenoxy) is 1. The highest BCUT2D eigenvalue weighted by Crippen LogP contribution is 2.28. The highest BCUT2D eigenvalue weighted by molar-refractivity contribution is 7.78. The van der Waals surface area contributed by atoms with Crippen LogP contribution >= 0.6 is 12.2 Å². The lowest BCUT2D eigenvalue weighted by Gasteiger charge is -2.08. The van der Waals surface area contributed by atoms with Gasteiger partial charge in [0.1, 0.15) is 5.75 Å². The van der Waals surface area contributed by atoms with E-state index in [4.69, 9.17) is 4.74 Å². The van der Waals surface area contributed by atoms with Crippen molar-refractivity contribution in [1.29, 1.82) is 0 Å². The van der Waals surface area contributed by atoms with Crippen LogP contribution in [0.4, 0.5) is 5.69 Å². The van der Waals surface area contributed by atoms with Crippen LogP contribution in [0.1, 0.15) is 11.1 Å². The number of benzene rings is 1. The van der Waals surface area contributed by atoms with Gasteiger partial charge in [-0.25, -0.2) is 0 Å². The largest absolute Gasteiger partial charge is 0.496 e. The molecule has 0 heterocycles. The van der Waals surface area contributed by atoms with Gasteiger partial charge in [-0.1, -0.05) is 0 Å². The lowest BCUT2D eigenvalue weighted by molar-refractivity contribution is 0.411. The summed E-state index contributed by atoms with van der Waals surface area (Å²) in [5, 5.41) is 2.36. The molecule has 0 unspecified atom stereocenters. The standard InChI is InChI=1S/C10H11NOS/c1-7-8(2)10(12-3)5-4-9(7)11-6-13/h4-5H,1-3H3. The van der Waals surface area contributed by atoms with Gasteiger partial charge in [-0.3, -0.25) is 0 Å². The van der Waals surface area contributed by atoms with Crippen molar-refractivity contribution in [1.82, 2.24) is 0 Å². The van der Waals surface area contributed by atoms with E-state index in [1.807, 2.05) is 26.0 Å². The van der Waals surface area contributed by atoms with Crippen molar-refractivity contribution in [3.05, 3.63) is 23.3 Å². The molecule has 0 atom stereocenters. The molecule has 0 N–H and O–H groups in total. The van der Waals surface area contributed by atoms with E-state index < -0.39 is 0 Å². The van der Waals surface area contributed by atoms with Gasteiger partial charge < -0.3 is 4.74 Å². The molecule has 1 aromatic rings. The summed E-state index contributed by atoms with van der Waals surface area (Å²) < 4.78 is 5.17. The van der Waals surface area contributed by atoms with Crippen molar-refractivity contribution >= 4 is 23.1 Å². The van der Waals surface area contributed by atoms with Crippen LogP contribution in [0.25, 0.3) is 0 Å². The molecule has 68 valence electrons. The molecule has 0 amide bonds. The Morgan fingerprint density at radius 1 is 1.31 bits per heavy atom. The van der Waals surface area contributed by atoms with E-state index in [-0.39, 0.29) is 0 Å². The van der Waals surface area contributed by atoms with E-state index in [9.17, 15) is 0 Å². The van der Waals surface area contributed by atoms with Crippen LogP contribution in [0.3, 0.4) is 0 Å². The Kier molecular flexibility index (Phi) is 3.18. The quantitative estimate of drug-likeness (QED) is 0.532. The van der Waals surface area contributed by atoms with Crippen molar-refractivity contribution in [2.75, 3.05) is 7.11 Å². The first-order valence-electron chi connectivity index (χ1n) is 3.92. The number of methoxy groups -OCH3 is 1. The predicted molar refractivity (Wildman–Crippen MR) is 57.2 cm³/mol. The summed E-state index contributed by atoms with van der Waals surface area (Å²) in [4.78, 5) is 3.95. The average Bonchev–Trinajstić information content (AvgIpc) is 2.14. The number of isothiocyanates is 1. The summed E-state index contributed by atoms with van der Waals surface area (Å²) in [6.07, 6.45) is 0. The fourth-order valence-corrected chi connectivity index (χ4v) is 1.27. The Hall–Kier alpha value is -1.18. The molecule has 0 fully saturated rings. The van der Waals surface area contributed by atoms with Gasteiger partial charge in [-0.2, -0.15) is 4.99 Å². The van der Waals surface area contributed by atoms with Crippen LogP contribution in [0.15, 0.2) is 17.1 Å². The fourth-order valence-electron chi connectivity index (χ4n) is 1.17. The van der Waals surface area contributed by atoms with Crippen molar-refractivity contribution in [2.24, 2.45) is 4.99 Å². The van der Waals surface area contributed by atoms with Crippen LogP contribution in [-0.4, -0.2) is 12.3 Å². The smallest absolute Gasteiger partial charge is 0.122 e. The highest BCUT2D eigenvalue weighted by atomic mass is 32.1. The van der Waals surface area contributed by atoms with Gasteiger partial charge >= 0.3 is 0 Å². The normalized spacial score (nSPS) is 9.15. The van der Waals surface area contributed by atoms with E-state index in [1.165, 1.54) is 0 Å². The molecule has 0 aliphatic heterocycles. The van der Waals surface area contributed by atoms with Crippen LogP contribution in [0, 0.1) is 13.8 Å². The molecular formula is C10H11NOS. The minimum Gasteiger partial charge on any atom is -0.496 e. The van der Waals surface area contributed by atoms with Gasteiger partial charge in [-0.15, -0.1) is 0 Å². The molecule has 0 saturated carbocycles. The van der Waals surface area contributed by atoms with E-state index in [1.54, 1.807) is 7.11 Å². The maximum absolute atomic E-state index is 5.17. The summed E-state index contributed by atoms with van der Waals surface area (Å²) in [6, 6.07) is 3.76. The van der Waals surface area contributed by atoms with E-state index >= 15 is 0 Å². The Bertz CT molecular complexity index is 367. The number of hydrogen-bond donors (Lipinski definition) is 0. The molecule has 3 heteroatoms. The molecule has 0 spiro atoms. The zero-order valence-electron chi connectivity index (χ0n) is 7.92. The van der Waals surface area contributed by atoms with Crippen molar-refractivity contribution in [3.8, 4) is 5.75 Å². The molecule has 0 aliphatic carbocycles. The molecule has 1 aromatic carbocycles. The van der Waals surface area contributed by atoms with Crippen molar-refractivity contribution in [2.45, 2.75) is 13.8 Å². The first-order chi connectivity index (χ1) is 6.20. The SMILES string of the molecule is COc1ccc(N=C=S)c(C)c1C. The van der Waals surface area contributed by atoms with Crippen LogP contribution in [0.2, 0.25) is 0 Å². The maximum Gasteiger partial charge on any atom is 0.122 e. The first-order valence-corrected chi connectivity index (χ1v) is 4.33. The molecule has 0 saturated heterocycles. The second kappa shape index (κ2) is 4.17. The third-order valence-corrected chi connectivity index (χ3v) is 2.19. The molecule has 0 radical (unpaired) electrons. The Morgan fingerprint density at radius 3 is 2.54 bits per heavy atom. The van der Waals surface area contributed by atoms with E-state index in [0.717, 1.165) is 22.6 Å². The zero-order chi connectivity index (χ0) is 9.84. The van der Waals surface area contributed by atoms with Gasteiger partial charge in [0, 0.05) is 0 Å². The Labute approximate surface area is 83.3 Å². The summed E-state index contributed by atoms with van der Waals surface area (Å²) in [5.74, 6) is 0.876. The zero-order valence-corrected chi connectivity index (χ0v) is 8.73. The first kappa shape index (κ1) is 9.90. The van der Waals surface area contributed by atoms with Gasteiger partial charge in [0.15, 0.2) is 0 Å². The molecule has 2 nitrogen and oxygen atoms in total. The molecule has 0 aliphatic rings. The topological polar surface area (TPSA) is 21.6 Å². The van der Waals surface area contributed by atoms with Crippen LogP contribution in [-0.2, 0) is 0 Å². The fraction of sp³-hybridized carbons (Fsp3) is 0.300. The minimum absolute atomic E-state index is 0.855. The number of nitrogens with zero attached hydrogens (tertiary/aromatic N) is 1. The number of aliphatic imine (C=N–C) groups is 1. The van der Waals surface area contributed by atoms with Crippen molar-refractivity contribution < 1.29 is 4.74 Å². The number of thiocarbonyl (C=S) groups is 1. The summed E-state index contributed by atoms with van der Waals surface area (Å²) in [5.41, 5.74) is 3.03. The second-order valence-corrected chi connectivity index (χ2v) is 2.92. The summed E-state index contributed by atoms with van der Waals surface area (Å²) >= 11 is 4.55. The van der Waals surface area contributed by atoms with Crippen LogP contribution < -0.4 is 4.74 Å². The predicted octanol–water partition coefficient (Wildman–Crippen LogP) is 3.05. The second-order valence-electron chi connectivity index (χ2n) is 2.74. The lowest BCUT2D eigenvalue weighted by atomic mass is 10.1. The maximum atomic E-state index is 5.17. The van der Waals surface area contributed by atoms with Crippen molar-refractivity contribution in [3.63, 3.8) is 0 Å². The highest BCUT2D eigenvalue weighted by Gasteiger charge is 2.04. The molecule has 0 aromatic heterocycles. The summed E-state index contributed by atoms with van der Waals surface area (Å²) in [6.45, 7) is 3.99. The summed E-state index contributed by atoms with van der Waals surface area (Å²) in [7, 11) is 1.66. The Morgan fingerprint density at radius 2 is 2.00 bits per heavy atom.